The second kappa shape index (κ2) is 10.9. The smallest absolute Gasteiger partial charge is 0.315 e. The number of hydrogen-bond donors (Lipinski definition) is 2. The van der Waals surface area contributed by atoms with Crippen LogP contribution in [0.25, 0.3) is 11.4 Å². The van der Waals surface area contributed by atoms with Crippen LogP contribution in [0.4, 0.5) is 4.79 Å². The highest BCUT2D eigenvalue weighted by Crippen LogP contribution is 2.42. The fourth-order valence-corrected chi connectivity index (χ4v) is 5.35. The van der Waals surface area contributed by atoms with E-state index in [1.165, 1.54) is 12.1 Å². The maximum absolute atomic E-state index is 12.0. The lowest BCUT2D eigenvalue weighted by Gasteiger charge is -2.49. The van der Waals surface area contributed by atoms with Crippen LogP contribution in [0.1, 0.15) is 62.8 Å². The molecule has 4 atom stereocenters. The molecule has 0 radical (unpaired) electrons. The van der Waals surface area contributed by atoms with Crippen LogP contribution in [0.15, 0.2) is 43.2 Å². The second-order valence-electron chi connectivity index (χ2n) is 9.21. The van der Waals surface area contributed by atoms with Gasteiger partial charge in [0.2, 0.25) is 0 Å². The average molecular weight is 449 g/mol. The summed E-state index contributed by atoms with van der Waals surface area (Å²) < 4.78 is 0. The van der Waals surface area contributed by atoms with Gasteiger partial charge in [-0.15, -0.1) is 6.58 Å². The number of aromatic nitrogens is 3. The zero-order chi connectivity index (χ0) is 23.2. The Bertz CT molecular complexity index is 945. The van der Waals surface area contributed by atoms with E-state index in [0.29, 0.717) is 36.9 Å². The normalized spacial score (nSPS) is 24.0. The van der Waals surface area contributed by atoms with E-state index in [4.69, 9.17) is 9.97 Å². The van der Waals surface area contributed by atoms with Crippen molar-refractivity contribution in [2.24, 2.45) is 5.92 Å². The van der Waals surface area contributed by atoms with Crippen molar-refractivity contribution in [3.63, 3.8) is 0 Å². The summed E-state index contributed by atoms with van der Waals surface area (Å²) in [7, 11) is 0. The molecule has 176 valence electrons. The van der Waals surface area contributed by atoms with Crippen molar-refractivity contribution >= 4 is 6.03 Å². The van der Waals surface area contributed by atoms with E-state index in [1.54, 1.807) is 18.5 Å². The predicted octanol–water partition coefficient (Wildman–Crippen LogP) is 4.11. The third-order valence-electron chi connectivity index (χ3n) is 7.27. The predicted molar refractivity (Wildman–Crippen MR) is 131 cm³/mol. The summed E-state index contributed by atoms with van der Waals surface area (Å²) in [5.41, 5.74) is 3.35. The Morgan fingerprint density at radius 3 is 2.70 bits per heavy atom. The van der Waals surface area contributed by atoms with Gasteiger partial charge in [0, 0.05) is 66.9 Å². The first-order valence-corrected chi connectivity index (χ1v) is 12.3. The lowest BCUT2D eigenvalue weighted by molar-refractivity contribution is 0.0305. The fourth-order valence-electron chi connectivity index (χ4n) is 5.35. The van der Waals surface area contributed by atoms with E-state index in [9.17, 15) is 4.79 Å². The van der Waals surface area contributed by atoms with Crippen LogP contribution in [-0.2, 0) is 0 Å². The molecule has 2 aromatic rings. The molecule has 3 aliphatic rings. The molecular formula is C26H36N6O. The third-order valence-corrected chi connectivity index (χ3v) is 7.27. The van der Waals surface area contributed by atoms with E-state index < -0.39 is 0 Å². The van der Waals surface area contributed by atoms with E-state index >= 15 is 0 Å². The minimum absolute atomic E-state index is 0.123. The SMILES string of the molecule is C=CCNC(=O)NC[C@H]1C[C@@H]2CCN1C[C@@H]2c1cc(C(CC)CC)nc(-c2ccncc2)n1. The molecule has 3 aliphatic heterocycles. The van der Waals surface area contributed by atoms with Crippen LogP contribution in [-0.4, -0.2) is 58.1 Å². The Morgan fingerprint density at radius 1 is 1.24 bits per heavy atom. The Morgan fingerprint density at radius 2 is 2.03 bits per heavy atom. The lowest BCUT2D eigenvalue weighted by atomic mass is 9.74. The molecule has 5 heterocycles. The number of pyridine rings is 1. The zero-order valence-electron chi connectivity index (χ0n) is 19.8. The number of fused-ring (bicyclic) bond motifs is 3. The van der Waals surface area contributed by atoms with Gasteiger partial charge in [-0.3, -0.25) is 9.88 Å². The Kier molecular flexibility index (Phi) is 7.70. The summed E-state index contributed by atoms with van der Waals surface area (Å²) in [6, 6.07) is 6.51. The first-order valence-electron chi connectivity index (χ1n) is 12.3. The maximum Gasteiger partial charge on any atom is 0.315 e. The number of carbonyl (C=O) groups is 1. The average Bonchev–Trinajstić information content (AvgIpc) is 2.87. The number of hydrogen-bond acceptors (Lipinski definition) is 5. The highest BCUT2D eigenvalue weighted by molar-refractivity contribution is 5.74. The Labute approximate surface area is 197 Å². The standard InChI is InChI=1S/C26H36N6O/c1-4-10-28-26(33)29-16-21-14-20-9-13-32(21)17-22(20)24-15-23(18(5-2)6-3)30-25(31-24)19-7-11-27-12-8-19/h4,7-8,11-12,15,18,20-22H,1,5-6,9-10,13-14,16-17H2,2-3H3,(H2,28,29,33)/t20-,21+,22-/m0/s1. The van der Waals surface area contributed by atoms with Gasteiger partial charge in [-0.05, 0) is 56.3 Å². The first kappa shape index (κ1) is 23.4. The highest BCUT2D eigenvalue weighted by Gasteiger charge is 2.41. The van der Waals surface area contributed by atoms with Crippen LogP contribution in [0, 0.1) is 5.92 Å². The second-order valence-corrected chi connectivity index (χ2v) is 9.21. The largest absolute Gasteiger partial charge is 0.337 e. The molecule has 0 aromatic carbocycles. The quantitative estimate of drug-likeness (QED) is 0.564. The number of piperidine rings is 3. The van der Waals surface area contributed by atoms with Gasteiger partial charge in [0.25, 0.3) is 0 Å². The van der Waals surface area contributed by atoms with Crippen LogP contribution < -0.4 is 10.6 Å². The summed E-state index contributed by atoms with van der Waals surface area (Å²) in [6.07, 6.45) is 9.71. The molecule has 1 unspecified atom stereocenters. The molecular weight excluding hydrogens is 412 g/mol. The van der Waals surface area contributed by atoms with Crippen molar-refractivity contribution in [1.82, 2.24) is 30.5 Å². The molecule has 2 aromatic heterocycles. The number of urea groups is 1. The van der Waals surface area contributed by atoms with Gasteiger partial charge >= 0.3 is 6.03 Å². The molecule has 2 N–H and O–H groups in total. The summed E-state index contributed by atoms with van der Waals surface area (Å²) in [4.78, 5) is 28.7. The molecule has 5 rings (SSSR count). The van der Waals surface area contributed by atoms with Crippen molar-refractivity contribution in [2.75, 3.05) is 26.2 Å². The number of rotatable bonds is 9. The van der Waals surface area contributed by atoms with Gasteiger partial charge in [0.05, 0.1) is 0 Å². The molecule has 3 fully saturated rings. The van der Waals surface area contributed by atoms with Crippen molar-refractivity contribution in [2.45, 2.75) is 57.4 Å². The molecule has 33 heavy (non-hydrogen) atoms. The maximum atomic E-state index is 12.0. The number of amides is 2. The van der Waals surface area contributed by atoms with Crippen molar-refractivity contribution in [3.8, 4) is 11.4 Å². The number of carbonyl (C=O) groups excluding carboxylic acids is 1. The van der Waals surface area contributed by atoms with Gasteiger partial charge in [-0.1, -0.05) is 19.9 Å². The topological polar surface area (TPSA) is 83.0 Å². The summed E-state index contributed by atoms with van der Waals surface area (Å²) in [6.45, 7) is 11.3. The van der Waals surface area contributed by atoms with Gasteiger partial charge in [-0.2, -0.15) is 0 Å². The molecule has 0 aliphatic carbocycles. The molecule has 3 saturated heterocycles. The van der Waals surface area contributed by atoms with Crippen molar-refractivity contribution in [1.29, 1.82) is 0 Å². The van der Waals surface area contributed by atoms with Crippen LogP contribution >= 0.6 is 0 Å². The summed E-state index contributed by atoms with van der Waals surface area (Å²) >= 11 is 0. The minimum Gasteiger partial charge on any atom is -0.337 e. The monoisotopic (exact) mass is 448 g/mol. The van der Waals surface area contributed by atoms with E-state index in [1.807, 2.05) is 12.1 Å². The molecule has 7 heteroatoms. The molecule has 0 saturated carbocycles. The Hall–Kier alpha value is -2.80. The van der Waals surface area contributed by atoms with Crippen molar-refractivity contribution < 1.29 is 4.79 Å². The first-order chi connectivity index (χ1) is 16.1. The van der Waals surface area contributed by atoms with E-state index in [2.05, 4.69) is 47.0 Å². The molecule has 0 spiro atoms. The number of nitrogens with zero attached hydrogens (tertiary/aromatic N) is 4. The fraction of sp³-hybridized carbons (Fsp3) is 0.538. The zero-order valence-corrected chi connectivity index (χ0v) is 19.8. The van der Waals surface area contributed by atoms with Crippen LogP contribution in [0.3, 0.4) is 0 Å². The third kappa shape index (κ3) is 5.41. The highest BCUT2D eigenvalue weighted by atomic mass is 16.2. The van der Waals surface area contributed by atoms with Gasteiger partial charge < -0.3 is 10.6 Å². The number of nitrogens with one attached hydrogen (secondary N) is 2. The van der Waals surface area contributed by atoms with Gasteiger partial charge in [-0.25, -0.2) is 14.8 Å². The molecule has 2 bridgehead atoms. The van der Waals surface area contributed by atoms with Gasteiger partial charge in [0.15, 0.2) is 5.82 Å². The van der Waals surface area contributed by atoms with Gasteiger partial charge in [0.1, 0.15) is 0 Å². The molecule has 2 amide bonds. The molecule has 7 nitrogen and oxygen atoms in total. The van der Waals surface area contributed by atoms with E-state index in [-0.39, 0.29) is 6.03 Å². The Balaban J connectivity index is 1.54. The summed E-state index contributed by atoms with van der Waals surface area (Å²) in [5.74, 6) is 2.24. The van der Waals surface area contributed by atoms with E-state index in [0.717, 1.165) is 49.4 Å². The minimum atomic E-state index is -0.123. The lowest BCUT2D eigenvalue weighted by Crippen LogP contribution is -2.56. The van der Waals surface area contributed by atoms with Crippen LogP contribution in [0.2, 0.25) is 0 Å². The van der Waals surface area contributed by atoms with Crippen LogP contribution in [0.5, 0.6) is 0 Å². The summed E-state index contributed by atoms with van der Waals surface area (Å²) in [5, 5.41) is 5.82. The van der Waals surface area contributed by atoms with Crippen molar-refractivity contribution in [3.05, 3.63) is 54.6 Å².